The Hall–Kier alpha value is -1.95. The van der Waals surface area contributed by atoms with Crippen molar-refractivity contribution < 1.29 is 0 Å². The predicted molar refractivity (Wildman–Crippen MR) is 110 cm³/mol. The Labute approximate surface area is 163 Å². The minimum Gasteiger partial charge on any atom is -0.369 e. The fourth-order valence-electron chi connectivity index (χ4n) is 3.96. The SMILES string of the molecule is CCC[C@H](c1nnnn1C(C)(C)C)N1CCN(c2cc(C)ccc2C)CC1. The molecule has 0 radical (unpaired) electrons. The lowest BCUT2D eigenvalue weighted by Crippen LogP contribution is -2.48. The van der Waals surface area contributed by atoms with E-state index in [1.165, 1.54) is 16.8 Å². The van der Waals surface area contributed by atoms with E-state index < -0.39 is 0 Å². The van der Waals surface area contributed by atoms with Gasteiger partial charge in [-0.25, -0.2) is 4.68 Å². The molecule has 0 aliphatic carbocycles. The number of nitrogens with zero attached hydrogens (tertiary/aromatic N) is 6. The van der Waals surface area contributed by atoms with Gasteiger partial charge in [-0.05, 0) is 68.7 Å². The van der Waals surface area contributed by atoms with Crippen LogP contribution in [0.2, 0.25) is 0 Å². The van der Waals surface area contributed by atoms with Gasteiger partial charge in [-0.3, -0.25) is 4.90 Å². The lowest BCUT2D eigenvalue weighted by molar-refractivity contribution is 0.156. The molecule has 2 aromatic rings. The van der Waals surface area contributed by atoms with Gasteiger partial charge in [0, 0.05) is 31.9 Å². The van der Waals surface area contributed by atoms with Crippen molar-refractivity contribution in [2.45, 2.75) is 66.0 Å². The molecule has 0 bridgehead atoms. The largest absolute Gasteiger partial charge is 0.369 e. The summed E-state index contributed by atoms with van der Waals surface area (Å²) in [6, 6.07) is 7.02. The van der Waals surface area contributed by atoms with Crippen LogP contribution in [-0.4, -0.2) is 51.3 Å². The van der Waals surface area contributed by atoms with Crippen LogP contribution in [-0.2, 0) is 5.54 Å². The van der Waals surface area contributed by atoms with Crippen LogP contribution in [0, 0.1) is 13.8 Å². The number of rotatable bonds is 5. The summed E-state index contributed by atoms with van der Waals surface area (Å²) < 4.78 is 2.00. The monoisotopic (exact) mass is 370 g/mol. The highest BCUT2D eigenvalue weighted by Gasteiger charge is 2.31. The van der Waals surface area contributed by atoms with Crippen LogP contribution >= 0.6 is 0 Å². The lowest BCUT2D eigenvalue weighted by atomic mass is 10.0. The normalized spacial score (nSPS) is 17.3. The van der Waals surface area contributed by atoms with Crippen molar-refractivity contribution in [1.29, 1.82) is 0 Å². The number of benzene rings is 1. The lowest BCUT2D eigenvalue weighted by Gasteiger charge is -2.40. The van der Waals surface area contributed by atoms with Crippen LogP contribution in [0.15, 0.2) is 18.2 Å². The zero-order chi connectivity index (χ0) is 19.6. The molecule has 0 spiro atoms. The van der Waals surface area contributed by atoms with Gasteiger partial charge in [0.2, 0.25) is 0 Å². The van der Waals surface area contributed by atoms with E-state index in [1.807, 2.05) is 4.68 Å². The Morgan fingerprint density at radius 1 is 1.07 bits per heavy atom. The van der Waals surface area contributed by atoms with Crippen LogP contribution in [0.4, 0.5) is 5.69 Å². The van der Waals surface area contributed by atoms with Crippen molar-refractivity contribution in [2.75, 3.05) is 31.1 Å². The van der Waals surface area contributed by atoms with Crippen molar-refractivity contribution in [3.05, 3.63) is 35.2 Å². The van der Waals surface area contributed by atoms with E-state index in [-0.39, 0.29) is 11.6 Å². The number of aryl methyl sites for hydroxylation is 2. The molecule has 148 valence electrons. The summed E-state index contributed by atoms with van der Waals surface area (Å²) in [7, 11) is 0. The van der Waals surface area contributed by atoms with Gasteiger partial charge in [-0.2, -0.15) is 0 Å². The van der Waals surface area contributed by atoms with Gasteiger partial charge in [-0.15, -0.1) is 5.10 Å². The highest BCUT2D eigenvalue weighted by Crippen LogP contribution is 2.30. The summed E-state index contributed by atoms with van der Waals surface area (Å²) >= 11 is 0. The molecular formula is C21H34N6. The molecule has 3 rings (SSSR count). The van der Waals surface area contributed by atoms with Crippen LogP contribution in [0.3, 0.4) is 0 Å². The molecule has 1 aromatic heterocycles. The minimum atomic E-state index is -0.106. The number of hydrogen-bond donors (Lipinski definition) is 0. The Balaban J connectivity index is 1.76. The molecule has 6 heteroatoms. The Morgan fingerprint density at radius 3 is 2.41 bits per heavy atom. The average Bonchev–Trinajstić information content (AvgIpc) is 3.12. The highest BCUT2D eigenvalue weighted by atomic mass is 15.6. The van der Waals surface area contributed by atoms with E-state index >= 15 is 0 Å². The molecule has 2 heterocycles. The van der Waals surface area contributed by atoms with Gasteiger partial charge in [0.1, 0.15) is 0 Å². The molecule has 0 amide bonds. The zero-order valence-corrected chi connectivity index (χ0v) is 17.7. The first kappa shape index (κ1) is 19.8. The third-order valence-corrected chi connectivity index (χ3v) is 5.45. The third-order valence-electron chi connectivity index (χ3n) is 5.45. The van der Waals surface area contributed by atoms with Gasteiger partial charge in [0.05, 0.1) is 11.6 Å². The van der Waals surface area contributed by atoms with Crippen molar-refractivity contribution in [2.24, 2.45) is 0 Å². The summed E-state index contributed by atoms with van der Waals surface area (Å²) in [6.07, 6.45) is 2.21. The predicted octanol–water partition coefficient (Wildman–Crippen LogP) is 3.71. The van der Waals surface area contributed by atoms with E-state index in [2.05, 4.69) is 85.1 Å². The van der Waals surface area contributed by atoms with Crippen LogP contribution < -0.4 is 4.90 Å². The average molecular weight is 371 g/mol. The van der Waals surface area contributed by atoms with E-state index in [4.69, 9.17) is 0 Å². The molecule has 0 unspecified atom stereocenters. The second-order valence-corrected chi connectivity index (χ2v) is 8.74. The quantitative estimate of drug-likeness (QED) is 0.803. The summed E-state index contributed by atoms with van der Waals surface area (Å²) in [4.78, 5) is 5.09. The first-order chi connectivity index (χ1) is 12.8. The molecule has 1 aliphatic heterocycles. The van der Waals surface area contributed by atoms with Gasteiger partial charge in [-0.1, -0.05) is 25.5 Å². The first-order valence-corrected chi connectivity index (χ1v) is 10.2. The Bertz CT molecular complexity index is 752. The number of anilines is 1. The fraction of sp³-hybridized carbons (Fsp3) is 0.667. The minimum absolute atomic E-state index is 0.106. The second kappa shape index (κ2) is 7.97. The smallest absolute Gasteiger partial charge is 0.168 e. The van der Waals surface area contributed by atoms with Crippen molar-refractivity contribution in [3.63, 3.8) is 0 Å². The third kappa shape index (κ3) is 4.32. The molecule has 1 aliphatic rings. The molecule has 6 nitrogen and oxygen atoms in total. The number of aromatic nitrogens is 4. The van der Waals surface area contributed by atoms with Crippen molar-refractivity contribution in [3.8, 4) is 0 Å². The summed E-state index contributed by atoms with van der Waals surface area (Å²) in [5, 5.41) is 12.7. The van der Waals surface area contributed by atoms with Gasteiger partial charge >= 0.3 is 0 Å². The maximum atomic E-state index is 4.43. The van der Waals surface area contributed by atoms with Gasteiger partial charge < -0.3 is 4.90 Å². The maximum Gasteiger partial charge on any atom is 0.168 e. The molecule has 1 fully saturated rings. The summed E-state index contributed by atoms with van der Waals surface area (Å²) in [5.74, 6) is 1.00. The topological polar surface area (TPSA) is 50.1 Å². The molecule has 1 atom stereocenters. The molecule has 1 saturated heterocycles. The van der Waals surface area contributed by atoms with E-state index in [1.54, 1.807) is 0 Å². The first-order valence-electron chi connectivity index (χ1n) is 10.2. The molecule has 1 aromatic carbocycles. The number of tetrazole rings is 1. The van der Waals surface area contributed by atoms with E-state index in [9.17, 15) is 0 Å². The Kier molecular flexibility index (Phi) is 5.84. The summed E-state index contributed by atoms with van der Waals surface area (Å²) in [6.45, 7) is 17.3. The van der Waals surface area contributed by atoms with Gasteiger partial charge in [0.25, 0.3) is 0 Å². The molecule has 0 saturated carbocycles. The van der Waals surface area contributed by atoms with E-state index in [0.717, 1.165) is 44.8 Å². The summed E-state index contributed by atoms with van der Waals surface area (Å²) in [5.41, 5.74) is 3.95. The van der Waals surface area contributed by atoms with Crippen molar-refractivity contribution in [1.82, 2.24) is 25.1 Å². The fourth-order valence-corrected chi connectivity index (χ4v) is 3.96. The van der Waals surface area contributed by atoms with Crippen molar-refractivity contribution >= 4 is 5.69 Å². The Morgan fingerprint density at radius 2 is 1.78 bits per heavy atom. The maximum absolute atomic E-state index is 4.43. The standard InChI is InChI=1S/C21H34N6/c1-7-8-18(20-22-23-24-27(20)21(4,5)6)25-11-13-26(14-12-25)19-15-16(2)9-10-17(19)3/h9-10,15,18H,7-8,11-14H2,1-6H3/t18-/m1/s1. The zero-order valence-electron chi connectivity index (χ0n) is 17.7. The van der Waals surface area contributed by atoms with Gasteiger partial charge in [0.15, 0.2) is 5.82 Å². The second-order valence-electron chi connectivity index (χ2n) is 8.74. The number of piperazine rings is 1. The molecule has 0 N–H and O–H groups in total. The van der Waals surface area contributed by atoms with Crippen LogP contribution in [0.25, 0.3) is 0 Å². The van der Waals surface area contributed by atoms with Crippen LogP contribution in [0.1, 0.15) is 63.5 Å². The molecule has 27 heavy (non-hydrogen) atoms. The van der Waals surface area contributed by atoms with E-state index in [0.29, 0.717) is 0 Å². The highest BCUT2D eigenvalue weighted by molar-refractivity contribution is 5.55. The molecular weight excluding hydrogens is 336 g/mol. The van der Waals surface area contributed by atoms with Crippen LogP contribution in [0.5, 0.6) is 0 Å². The number of hydrogen-bond acceptors (Lipinski definition) is 5.